The first kappa shape index (κ1) is 20.2. The van der Waals surface area contributed by atoms with Gasteiger partial charge in [0.1, 0.15) is 6.54 Å². The molecule has 6 heteroatoms. The van der Waals surface area contributed by atoms with E-state index >= 15 is 0 Å². The molecule has 2 aromatic carbocycles. The molecule has 2 rings (SSSR count). The summed E-state index contributed by atoms with van der Waals surface area (Å²) >= 11 is 0. The largest absolute Gasteiger partial charge is 0.462 e. The molecule has 2 amide bonds. The van der Waals surface area contributed by atoms with Gasteiger partial charge in [-0.15, -0.1) is 0 Å². The molecule has 0 fully saturated rings. The maximum Gasteiger partial charge on any atom is 0.340 e. The Labute approximate surface area is 159 Å². The molecule has 0 aromatic heterocycles. The van der Waals surface area contributed by atoms with Crippen LogP contribution in [-0.4, -0.2) is 42.9 Å². The molecule has 6 nitrogen and oxygen atoms in total. The molecule has 27 heavy (non-hydrogen) atoms. The number of amides is 2. The molecule has 142 valence electrons. The number of benzene rings is 2. The minimum atomic E-state index is -0.524. The van der Waals surface area contributed by atoms with Crippen molar-refractivity contribution in [3.63, 3.8) is 0 Å². The zero-order chi connectivity index (χ0) is 19.8. The van der Waals surface area contributed by atoms with Gasteiger partial charge in [-0.05, 0) is 24.6 Å². The van der Waals surface area contributed by atoms with Crippen LogP contribution in [0.15, 0.2) is 54.6 Å². The van der Waals surface area contributed by atoms with Crippen molar-refractivity contribution < 1.29 is 19.1 Å². The molecule has 0 aliphatic rings. The van der Waals surface area contributed by atoms with Gasteiger partial charge in [0.05, 0.1) is 17.9 Å². The summed E-state index contributed by atoms with van der Waals surface area (Å²) in [6.45, 7) is 3.59. The van der Waals surface area contributed by atoms with E-state index in [0.717, 1.165) is 5.56 Å². The van der Waals surface area contributed by atoms with E-state index in [1.807, 2.05) is 30.3 Å². The van der Waals surface area contributed by atoms with Crippen LogP contribution in [0.4, 0.5) is 5.69 Å². The summed E-state index contributed by atoms with van der Waals surface area (Å²) in [5.41, 5.74) is 1.62. The first-order valence-electron chi connectivity index (χ1n) is 8.76. The van der Waals surface area contributed by atoms with Crippen LogP contribution in [0.1, 0.15) is 29.8 Å². The lowest BCUT2D eigenvalue weighted by Crippen LogP contribution is -2.41. The van der Waals surface area contributed by atoms with Crippen LogP contribution >= 0.6 is 0 Å². The van der Waals surface area contributed by atoms with E-state index in [1.165, 1.54) is 11.8 Å². The molecule has 2 aromatic rings. The van der Waals surface area contributed by atoms with Crippen LogP contribution in [0.25, 0.3) is 0 Å². The van der Waals surface area contributed by atoms with Gasteiger partial charge in [0.25, 0.3) is 0 Å². The molecule has 0 saturated heterocycles. The molecule has 0 atom stereocenters. The van der Waals surface area contributed by atoms with E-state index < -0.39 is 5.97 Å². The van der Waals surface area contributed by atoms with Gasteiger partial charge in [-0.2, -0.15) is 0 Å². The molecular formula is C21H24N2O4. The van der Waals surface area contributed by atoms with Crippen molar-refractivity contribution in [2.75, 3.05) is 25.1 Å². The Balaban J connectivity index is 2.20. The van der Waals surface area contributed by atoms with Gasteiger partial charge in [-0.3, -0.25) is 9.59 Å². The van der Waals surface area contributed by atoms with Crippen molar-refractivity contribution in [3.8, 4) is 0 Å². The summed E-state index contributed by atoms with van der Waals surface area (Å²) in [5.74, 6) is -1.08. The summed E-state index contributed by atoms with van der Waals surface area (Å²) in [6, 6.07) is 16.2. The Hall–Kier alpha value is -3.15. The average Bonchev–Trinajstić information content (AvgIpc) is 2.66. The number of carbonyl (C=O) groups is 3. The molecule has 0 unspecified atom stereocenters. The Bertz CT molecular complexity index is 805. The first-order chi connectivity index (χ1) is 12.9. The monoisotopic (exact) mass is 368 g/mol. The van der Waals surface area contributed by atoms with E-state index in [9.17, 15) is 14.4 Å². The number of anilines is 1. The Morgan fingerprint density at radius 2 is 1.59 bits per heavy atom. The fourth-order valence-corrected chi connectivity index (χ4v) is 2.66. The van der Waals surface area contributed by atoms with Gasteiger partial charge in [-0.25, -0.2) is 4.79 Å². The average molecular weight is 368 g/mol. The highest BCUT2D eigenvalue weighted by molar-refractivity contribution is 6.04. The van der Waals surface area contributed by atoms with Crippen LogP contribution in [0.3, 0.4) is 0 Å². The molecule has 0 aliphatic heterocycles. The number of hydrogen-bond donors (Lipinski definition) is 0. The van der Waals surface area contributed by atoms with Crippen LogP contribution in [0.2, 0.25) is 0 Å². The first-order valence-corrected chi connectivity index (χ1v) is 8.76. The summed E-state index contributed by atoms with van der Waals surface area (Å²) in [4.78, 5) is 39.9. The maximum atomic E-state index is 12.7. The highest BCUT2D eigenvalue weighted by Gasteiger charge is 2.23. The Kier molecular flexibility index (Phi) is 7.11. The van der Waals surface area contributed by atoms with E-state index in [2.05, 4.69) is 0 Å². The van der Waals surface area contributed by atoms with Gasteiger partial charge in [0, 0.05) is 20.5 Å². The van der Waals surface area contributed by atoms with Gasteiger partial charge >= 0.3 is 5.97 Å². The van der Waals surface area contributed by atoms with Gasteiger partial charge < -0.3 is 14.5 Å². The quantitative estimate of drug-likeness (QED) is 0.705. The molecule has 0 N–H and O–H groups in total. The third-order valence-electron chi connectivity index (χ3n) is 4.05. The Morgan fingerprint density at radius 1 is 0.963 bits per heavy atom. The van der Waals surface area contributed by atoms with Crippen LogP contribution in [-0.2, 0) is 20.9 Å². The molecule has 0 bridgehead atoms. The van der Waals surface area contributed by atoms with Crippen molar-refractivity contribution in [2.24, 2.45) is 0 Å². The van der Waals surface area contributed by atoms with E-state index in [4.69, 9.17) is 4.74 Å². The van der Waals surface area contributed by atoms with Crippen molar-refractivity contribution in [1.29, 1.82) is 0 Å². The minimum Gasteiger partial charge on any atom is -0.462 e. The topological polar surface area (TPSA) is 66.9 Å². The van der Waals surface area contributed by atoms with Crippen molar-refractivity contribution in [1.82, 2.24) is 4.90 Å². The van der Waals surface area contributed by atoms with Crippen molar-refractivity contribution in [2.45, 2.75) is 20.4 Å². The fourth-order valence-electron chi connectivity index (χ4n) is 2.66. The number of likely N-dealkylation sites (N-methyl/N-ethyl adjacent to an activating group) is 1. The number of rotatable bonds is 7. The molecule has 0 spiro atoms. The second kappa shape index (κ2) is 9.52. The van der Waals surface area contributed by atoms with Crippen molar-refractivity contribution >= 4 is 23.5 Å². The third-order valence-corrected chi connectivity index (χ3v) is 4.05. The predicted molar refractivity (Wildman–Crippen MR) is 103 cm³/mol. The maximum absolute atomic E-state index is 12.7. The molecule has 0 heterocycles. The van der Waals surface area contributed by atoms with E-state index in [1.54, 1.807) is 43.1 Å². The highest BCUT2D eigenvalue weighted by Crippen LogP contribution is 2.22. The van der Waals surface area contributed by atoms with Gasteiger partial charge in [0.2, 0.25) is 11.8 Å². The zero-order valence-electron chi connectivity index (χ0n) is 15.8. The number of nitrogens with zero attached hydrogens (tertiary/aromatic N) is 2. The predicted octanol–water partition coefficient (Wildman–Crippen LogP) is 2.87. The second-order valence-corrected chi connectivity index (χ2v) is 6.08. The molecule has 0 radical (unpaired) electrons. The van der Waals surface area contributed by atoms with Gasteiger partial charge in [0.15, 0.2) is 0 Å². The molecule has 0 saturated carbocycles. The van der Waals surface area contributed by atoms with Crippen LogP contribution < -0.4 is 4.90 Å². The fraction of sp³-hybridized carbons (Fsp3) is 0.286. The summed E-state index contributed by atoms with van der Waals surface area (Å²) in [6.07, 6.45) is 0. The van der Waals surface area contributed by atoms with Crippen LogP contribution in [0.5, 0.6) is 0 Å². The number of para-hydroxylation sites is 1. The molecular weight excluding hydrogens is 344 g/mol. The van der Waals surface area contributed by atoms with E-state index in [0.29, 0.717) is 12.2 Å². The lowest BCUT2D eigenvalue weighted by atomic mass is 10.1. The SMILES string of the molecule is CCOC(=O)c1ccccc1N(CC(=O)N(C)Cc1ccccc1)C(C)=O. The number of hydrogen-bond acceptors (Lipinski definition) is 4. The second-order valence-electron chi connectivity index (χ2n) is 6.08. The van der Waals surface area contributed by atoms with Gasteiger partial charge in [-0.1, -0.05) is 42.5 Å². The third kappa shape index (κ3) is 5.41. The van der Waals surface area contributed by atoms with Crippen molar-refractivity contribution in [3.05, 3.63) is 65.7 Å². The lowest BCUT2D eigenvalue weighted by molar-refractivity contribution is -0.130. The number of esters is 1. The number of ether oxygens (including phenoxy) is 1. The highest BCUT2D eigenvalue weighted by atomic mass is 16.5. The van der Waals surface area contributed by atoms with E-state index in [-0.39, 0.29) is 30.5 Å². The summed E-state index contributed by atoms with van der Waals surface area (Å²) < 4.78 is 5.06. The minimum absolute atomic E-state index is 0.158. The van der Waals surface area contributed by atoms with Crippen LogP contribution in [0, 0.1) is 0 Å². The normalized spacial score (nSPS) is 10.2. The standard InChI is InChI=1S/C21H24N2O4/c1-4-27-21(26)18-12-8-9-13-19(18)23(16(2)24)15-20(25)22(3)14-17-10-6-5-7-11-17/h5-13H,4,14-15H2,1-3H3. The number of carbonyl (C=O) groups excluding carboxylic acids is 3. The lowest BCUT2D eigenvalue weighted by Gasteiger charge is -2.26. The smallest absolute Gasteiger partial charge is 0.340 e. The molecule has 0 aliphatic carbocycles. The zero-order valence-corrected chi connectivity index (χ0v) is 15.8. The summed E-state index contributed by atoms with van der Waals surface area (Å²) in [7, 11) is 1.69. The summed E-state index contributed by atoms with van der Waals surface area (Å²) in [5, 5.41) is 0. The Morgan fingerprint density at radius 3 is 2.22 bits per heavy atom.